The van der Waals surface area contributed by atoms with Gasteiger partial charge in [0, 0.05) is 12.6 Å². The van der Waals surface area contributed by atoms with Gasteiger partial charge in [0.2, 0.25) is 0 Å². The SMILES string of the molecule is CC(CCc1ccccc1)NCc1cc(Cl)c(OCc2ccccc2)c(Cl)c1.Cl. The van der Waals surface area contributed by atoms with Gasteiger partial charge in [-0.1, -0.05) is 83.9 Å². The molecule has 29 heavy (non-hydrogen) atoms. The van der Waals surface area contributed by atoms with Crippen LogP contribution in [0.1, 0.15) is 30.0 Å². The van der Waals surface area contributed by atoms with Crippen LogP contribution in [0, 0.1) is 0 Å². The third kappa shape index (κ3) is 7.56. The largest absolute Gasteiger partial charge is 0.486 e. The van der Waals surface area contributed by atoms with Crippen molar-refractivity contribution in [3.63, 3.8) is 0 Å². The summed E-state index contributed by atoms with van der Waals surface area (Å²) in [5.41, 5.74) is 3.49. The van der Waals surface area contributed by atoms with E-state index in [1.54, 1.807) is 0 Å². The summed E-state index contributed by atoms with van der Waals surface area (Å²) < 4.78 is 5.84. The van der Waals surface area contributed by atoms with E-state index in [0.29, 0.717) is 35.0 Å². The van der Waals surface area contributed by atoms with E-state index in [9.17, 15) is 0 Å². The fourth-order valence-corrected chi connectivity index (χ4v) is 3.65. The lowest BCUT2D eigenvalue weighted by atomic mass is 10.1. The summed E-state index contributed by atoms with van der Waals surface area (Å²) in [7, 11) is 0. The Bertz CT molecular complexity index is 849. The molecule has 0 fully saturated rings. The van der Waals surface area contributed by atoms with Crippen LogP contribution >= 0.6 is 35.6 Å². The number of nitrogens with one attached hydrogen (secondary N) is 1. The first kappa shape index (κ1) is 23.6. The topological polar surface area (TPSA) is 21.3 Å². The Kier molecular flexibility index (Phi) is 9.83. The van der Waals surface area contributed by atoms with Crippen molar-refractivity contribution in [2.75, 3.05) is 0 Å². The van der Waals surface area contributed by atoms with Crippen molar-refractivity contribution >= 4 is 35.6 Å². The highest BCUT2D eigenvalue weighted by atomic mass is 35.5. The molecule has 0 spiro atoms. The fraction of sp³-hybridized carbons (Fsp3) is 0.250. The Balaban J connectivity index is 0.00000300. The molecule has 154 valence electrons. The number of benzene rings is 3. The molecule has 5 heteroatoms. The van der Waals surface area contributed by atoms with Crippen LogP contribution in [-0.4, -0.2) is 6.04 Å². The normalized spacial score (nSPS) is 11.6. The predicted octanol–water partition coefficient (Wildman–Crippen LogP) is 7.11. The summed E-state index contributed by atoms with van der Waals surface area (Å²) in [5.74, 6) is 0.535. The lowest BCUT2D eigenvalue weighted by Gasteiger charge is -2.16. The van der Waals surface area contributed by atoms with E-state index in [1.807, 2.05) is 48.5 Å². The Morgan fingerprint density at radius 1 is 0.828 bits per heavy atom. The molecule has 3 rings (SSSR count). The smallest absolute Gasteiger partial charge is 0.156 e. The fourth-order valence-electron chi connectivity index (χ4n) is 3.00. The molecule has 1 atom stereocenters. The Morgan fingerprint density at radius 2 is 1.38 bits per heavy atom. The van der Waals surface area contributed by atoms with Crippen LogP contribution in [-0.2, 0) is 19.6 Å². The van der Waals surface area contributed by atoms with E-state index in [4.69, 9.17) is 27.9 Å². The lowest BCUT2D eigenvalue weighted by molar-refractivity contribution is 0.306. The van der Waals surface area contributed by atoms with Crippen LogP contribution in [0.3, 0.4) is 0 Å². The molecule has 0 aliphatic heterocycles. The summed E-state index contributed by atoms with van der Waals surface area (Å²) in [6.07, 6.45) is 2.13. The number of aryl methyl sites for hydroxylation is 1. The van der Waals surface area contributed by atoms with Gasteiger partial charge in [-0.3, -0.25) is 0 Å². The highest BCUT2D eigenvalue weighted by Crippen LogP contribution is 2.34. The quantitative estimate of drug-likeness (QED) is 0.375. The average molecular weight is 451 g/mol. The Hall–Kier alpha value is -1.71. The van der Waals surface area contributed by atoms with Crippen LogP contribution in [0.25, 0.3) is 0 Å². The van der Waals surface area contributed by atoms with Crippen molar-refractivity contribution < 1.29 is 4.74 Å². The molecule has 0 saturated carbocycles. The van der Waals surface area contributed by atoms with Gasteiger partial charge in [-0.05, 0) is 48.6 Å². The molecule has 3 aromatic carbocycles. The average Bonchev–Trinajstić information content (AvgIpc) is 2.71. The van der Waals surface area contributed by atoms with Crippen molar-refractivity contribution in [2.45, 2.75) is 39.0 Å². The van der Waals surface area contributed by atoms with Gasteiger partial charge in [0.15, 0.2) is 5.75 Å². The van der Waals surface area contributed by atoms with Crippen LogP contribution in [0.2, 0.25) is 10.0 Å². The summed E-state index contributed by atoms with van der Waals surface area (Å²) in [6.45, 7) is 3.35. The zero-order valence-electron chi connectivity index (χ0n) is 16.4. The van der Waals surface area contributed by atoms with E-state index >= 15 is 0 Å². The van der Waals surface area contributed by atoms with Crippen LogP contribution < -0.4 is 10.1 Å². The van der Waals surface area contributed by atoms with Gasteiger partial charge in [0.1, 0.15) is 6.61 Å². The molecule has 1 unspecified atom stereocenters. The third-order valence-electron chi connectivity index (χ3n) is 4.65. The highest BCUT2D eigenvalue weighted by Gasteiger charge is 2.11. The second-order valence-electron chi connectivity index (χ2n) is 6.97. The summed E-state index contributed by atoms with van der Waals surface area (Å²) in [5, 5.41) is 4.62. The first-order valence-corrected chi connectivity index (χ1v) is 10.3. The second kappa shape index (κ2) is 12.1. The summed E-state index contributed by atoms with van der Waals surface area (Å²) >= 11 is 12.8. The third-order valence-corrected chi connectivity index (χ3v) is 5.21. The van der Waals surface area contributed by atoms with Gasteiger partial charge in [0.05, 0.1) is 10.0 Å². The van der Waals surface area contributed by atoms with Crippen molar-refractivity contribution in [3.8, 4) is 5.75 Å². The number of hydrogen-bond acceptors (Lipinski definition) is 2. The molecule has 0 saturated heterocycles. The number of hydrogen-bond donors (Lipinski definition) is 1. The zero-order valence-corrected chi connectivity index (χ0v) is 18.7. The van der Waals surface area contributed by atoms with Crippen LogP contribution in [0.15, 0.2) is 72.8 Å². The predicted molar refractivity (Wildman–Crippen MR) is 126 cm³/mol. The molecule has 2 nitrogen and oxygen atoms in total. The molecule has 0 aliphatic carbocycles. The Morgan fingerprint density at radius 3 is 1.97 bits per heavy atom. The van der Waals surface area contributed by atoms with Gasteiger partial charge < -0.3 is 10.1 Å². The van der Waals surface area contributed by atoms with Crippen molar-refractivity contribution in [3.05, 3.63) is 99.5 Å². The first-order valence-electron chi connectivity index (χ1n) is 9.54. The van der Waals surface area contributed by atoms with E-state index < -0.39 is 0 Å². The summed E-state index contributed by atoms with van der Waals surface area (Å²) in [4.78, 5) is 0. The minimum Gasteiger partial charge on any atom is -0.486 e. The lowest BCUT2D eigenvalue weighted by Crippen LogP contribution is -2.26. The molecular formula is C24H26Cl3NO. The molecule has 0 bridgehead atoms. The summed E-state index contributed by atoms with van der Waals surface area (Å²) in [6, 6.07) is 24.7. The highest BCUT2D eigenvalue weighted by molar-refractivity contribution is 6.37. The maximum atomic E-state index is 6.42. The molecule has 0 amide bonds. The van der Waals surface area contributed by atoms with Gasteiger partial charge >= 0.3 is 0 Å². The van der Waals surface area contributed by atoms with E-state index in [2.05, 4.69) is 36.5 Å². The Labute approximate surface area is 189 Å². The number of ether oxygens (including phenoxy) is 1. The van der Waals surface area contributed by atoms with Crippen LogP contribution in [0.4, 0.5) is 0 Å². The van der Waals surface area contributed by atoms with Crippen molar-refractivity contribution in [1.29, 1.82) is 0 Å². The van der Waals surface area contributed by atoms with E-state index in [0.717, 1.165) is 24.0 Å². The van der Waals surface area contributed by atoms with Crippen LogP contribution in [0.5, 0.6) is 5.75 Å². The maximum absolute atomic E-state index is 6.42. The van der Waals surface area contributed by atoms with Gasteiger partial charge in [-0.15, -0.1) is 12.4 Å². The zero-order chi connectivity index (χ0) is 19.8. The molecular weight excluding hydrogens is 425 g/mol. The first-order chi connectivity index (χ1) is 13.6. The monoisotopic (exact) mass is 449 g/mol. The maximum Gasteiger partial charge on any atom is 0.156 e. The molecule has 0 heterocycles. The van der Waals surface area contributed by atoms with Gasteiger partial charge in [0.25, 0.3) is 0 Å². The molecule has 1 N–H and O–H groups in total. The second-order valence-corrected chi connectivity index (χ2v) is 7.78. The van der Waals surface area contributed by atoms with Crippen molar-refractivity contribution in [2.24, 2.45) is 0 Å². The standard InChI is InChI=1S/C24H25Cl2NO.ClH/c1-18(12-13-19-8-4-2-5-9-19)27-16-21-14-22(25)24(23(26)15-21)28-17-20-10-6-3-7-11-20;/h2-11,14-15,18,27H,12-13,16-17H2,1H3;1H. The minimum absolute atomic E-state index is 0. The molecule has 3 aromatic rings. The van der Waals surface area contributed by atoms with E-state index in [1.165, 1.54) is 5.56 Å². The van der Waals surface area contributed by atoms with E-state index in [-0.39, 0.29) is 12.4 Å². The van der Waals surface area contributed by atoms with Gasteiger partial charge in [-0.2, -0.15) is 0 Å². The molecule has 0 radical (unpaired) electrons. The molecule has 0 aromatic heterocycles. The minimum atomic E-state index is 0. The number of halogens is 3. The number of rotatable bonds is 9. The van der Waals surface area contributed by atoms with Gasteiger partial charge in [-0.25, -0.2) is 0 Å². The van der Waals surface area contributed by atoms with Crippen molar-refractivity contribution in [1.82, 2.24) is 5.32 Å². The molecule has 0 aliphatic rings.